The number of carbonyl (C=O) groups is 3. The van der Waals surface area contributed by atoms with Crippen molar-refractivity contribution in [2.75, 3.05) is 20.8 Å². The third kappa shape index (κ3) is 5.62. The smallest absolute Gasteiger partial charge is 0.325 e. The maximum absolute atomic E-state index is 13.6. The fourth-order valence-corrected chi connectivity index (χ4v) is 3.78. The zero-order chi connectivity index (χ0) is 28.1. The van der Waals surface area contributed by atoms with Gasteiger partial charge in [0.25, 0.3) is 5.91 Å². The van der Waals surface area contributed by atoms with E-state index in [0.717, 1.165) is 0 Å². The van der Waals surface area contributed by atoms with Crippen molar-refractivity contribution in [3.63, 3.8) is 0 Å². The van der Waals surface area contributed by atoms with Crippen LogP contribution in [0.25, 0.3) is 33.4 Å². The second-order valence-corrected chi connectivity index (χ2v) is 8.38. The number of ether oxygens (including phenoxy) is 2. The predicted molar refractivity (Wildman–Crippen MR) is 137 cm³/mol. The number of carboxylic acids is 1. The molecule has 4 rings (SSSR count). The van der Waals surface area contributed by atoms with Gasteiger partial charge in [-0.05, 0) is 59.2 Å². The zero-order valence-electron chi connectivity index (χ0n) is 21.2. The van der Waals surface area contributed by atoms with Crippen LogP contribution in [0.3, 0.4) is 0 Å². The number of carbonyl (C=O) groups excluding carboxylic acids is 2. The van der Waals surface area contributed by atoms with Gasteiger partial charge in [0.1, 0.15) is 40.5 Å². The minimum absolute atomic E-state index is 0.133. The highest BCUT2D eigenvalue weighted by Crippen LogP contribution is 2.36. The molecule has 2 heterocycles. The molecule has 2 aromatic carbocycles. The van der Waals surface area contributed by atoms with E-state index in [-0.39, 0.29) is 28.0 Å². The van der Waals surface area contributed by atoms with E-state index < -0.39 is 36.5 Å². The SMILES string of the molecule is COc1ccc(-c2nc(C(=O)NC(CO)C(=O)NC(C)C(=O)O)c(-c3ccc(OC)cc3)c3nonc23)cc1. The van der Waals surface area contributed by atoms with E-state index in [4.69, 9.17) is 19.2 Å². The van der Waals surface area contributed by atoms with E-state index in [9.17, 15) is 19.5 Å². The van der Waals surface area contributed by atoms with E-state index in [2.05, 4.69) is 25.9 Å². The first-order chi connectivity index (χ1) is 18.8. The van der Waals surface area contributed by atoms with E-state index >= 15 is 0 Å². The first-order valence-electron chi connectivity index (χ1n) is 11.7. The Morgan fingerprint density at radius 3 is 2.00 bits per heavy atom. The Hall–Kier alpha value is -5.04. The Morgan fingerprint density at radius 2 is 1.46 bits per heavy atom. The maximum atomic E-state index is 13.6. The lowest BCUT2D eigenvalue weighted by atomic mass is 9.98. The molecular formula is C26H25N5O8. The average Bonchev–Trinajstić information content (AvgIpc) is 3.44. The van der Waals surface area contributed by atoms with Crippen LogP contribution in [0, 0.1) is 0 Å². The molecule has 0 aliphatic carbocycles. The van der Waals surface area contributed by atoms with Gasteiger partial charge in [-0.2, -0.15) is 0 Å². The minimum atomic E-state index is -1.46. The van der Waals surface area contributed by atoms with E-state index in [1.807, 2.05) is 0 Å². The number of aliphatic hydroxyl groups excluding tert-OH is 1. The van der Waals surface area contributed by atoms with Gasteiger partial charge in [0.05, 0.1) is 20.8 Å². The monoisotopic (exact) mass is 535 g/mol. The van der Waals surface area contributed by atoms with E-state index in [0.29, 0.717) is 22.6 Å². The molecule has 0 bridgehead atoms. The molecule has 13 heteroatoms. The summed E-state index contributed by atoms with van der Waals surface area (Å²) in [5.74, 6) is -1.80. The number of methoxy groups -OCH3 is 2. The number of benzene rings is 2. The van der Waals surface area contributed by atoms with Gasteiger partial charge >= 0.3 is 5.97 Å². The average molecular weight is 536 g/mol. The summed E-state index contributed by atoms with van der Waals surface area (Å²) in [7, 11) is 3.05. The van der Waals surface area contributed by atoms with Gasteiger partial charge in [-0.1, -0.05) is 12.1 Å². The Morgan fingerprint density at radius 1 is 0.897 bits per heavy atom. The number of aliphatic carboxylic acids is 1. The summed E-state index contributed by atoms with van der Waals surface area (Å²) >= 11 is 0. The highest BCUT2D eigenvalue weighted by atomic mass is 16.6. The molecule has 2 atom stereocenters. The number of aromatic nitrogens is 3. The number of amides is 2. The van der Waals surface area contributed by atoms with Crippen molar-refractivity contribution in [2.24, 2.45) is 0 Å². The molecule has 0 aliphatic rings. The second kappa shape index (κ2) is 11.6. The number of nitrogens with zero attached hydrogens (tertiary/aromatic N) is 3. The molecule has 2 aromatic heterocycles. The number of carboxylic acid groups (broad SMARTS) is 1. The van der Waals surface area contributed by atoms with Crippen molar-refractivity contribution in [2.45, 2.75) is 19.0 Å². The fourth-order valence-electron chi connectivity index (χ4n) is 3.78. The van der Waals surface area contributed by atoms with Gasteiger partial charge in [0.2, 0.25) is 5.91 Å². The second-order valence-electron chi connectivity index (χ2n) is 8.38. The largest absolute Gasteiger partial charge is 0.497 e. The third-order valence-electron chi connectivity index (χ3n) is 5.90. The molecule has 13 nitrogen and oxygen atoms in total. The standard InChI is InChI=1S/C26H25N5O8/c1-13(26(35)36)27-24(33)18(12-32)28-25(34)22-19(14-4-8-16(37-2)9-5-14)21-23(31-39-30-21)20(29-22)15-6-10-17(38-3)11-7-15/h4-11,13,18,32H,12H2,1-3H3,(H,27,33)(H,28,34)(H,35,36). The summed E-state index contributed by atoms with van der Waals surface area (Å²) in [6, 6.07) is 10.9. The van der Waals surface area contributed by atoms with Gasteiger partial charge in [0, 0.05) is 11.1 Å². The number of hydrogen-bond donors (Lipinski definition) is 4. The molecule has 0 aliphatic heterocycles. The molecule has 39 heavy (non-hydrogen) atoms. The summed E-state index contributed by atoms with van der Waals surface area (Å²) < 4.78 is 15.5. The Balaban J connectivity index is 1.84. The molecule has 0 saturated carbocycles. The number of aliphatic hydroxyl groups is 1. The minimum Gasteiger partial charge on any atom is -0.497 e. The zero-order valence-corrected chi connectivity index (χ0v) is 21.2. The number of pyridine rings is 1. The molecule has 2 unspecified atom stereocenters. The van der Waals surface area contributed by atoms with Gasteiger partial charge in [0.15, 0.2) is 5.52 Å². The lowest BCUT2D eigenvalue weighted by molar-refractivity contribution is -0.141. The molecule has 0 radical (unpaired) electrons. The first-order valence-corrected chi connectivity index (χ1v) is 11.7. The summed E-state index contributed by atoms with van der Waals surface area (Å²) in [4.78, 5) is 41.9. The predicted octanol–water partition coefficient (Wildman–Crippen LogP) is 1.65. The first kappa shape index (κ1) is 27.0. The van der Waals surface area contributed by atoms with Crippen molar-refractivity contribution in [3.05, 3.63) is 54.2 Å². The van der Waals surface area contributed by atoms with E-state index in [1.165, 1.54) is 21.1 Å². The van der Waals surface area contributed by atoms with Crippen LogP contribution >= 0.6 is 0 Å². The van der Waals surface area contributed by atoms with Gasteiger partial charge in [-0.15, -0.1) is 0 Å². The van der Waals surface area contributed by atoms with Crippen LogP contribution < -0.4 is 20.1 Å². The Labute approximate surface area is 221 Å². The van der Waals surface area contributed by atoms with Crippen molar-refractivity contribution >= 4 is 28.8 Å². The molecule has 202 valence electrons. The lowest BCUT2D eigenvalue weighted by Gasteiger charge is -2.19. The lowest BCUT2D eigenvalue weighted by Crippen LogP contribution is -2.52. The Kier molecular flexibility index (Phi) is 8.01. The molecule has 4 aromatic rings. The van der Waals surface area contributed by atoms with Crippen LogP contribution in [0.4, 0.5) is 0 Å². The molecule has 0 saturated heterocycles. The van der Waals surface area contributed by atoms with Crippen molar-refractivity contribution in [1.82, 2.24) is 25.9 Å². The van der Waals surface area contributed by atoms with Gasteiger partial charge in [-0.3, -0.25) is 14.4 Å². The molecule has 0 fully saturated rings. The Bertz CT molecular complexity index is 1500. The number of rotatable bonds is 10. The van der Waals surface area contributed by atoms with Crippen LogP contribution in [-0.4, -0.2) is 76.2 Å². The summed E-state index contributed by atoms with van der Waals surface area (Å²) in [6.45, 7) is 0.466. The third-order valence-corrected chi connectivity index (χ3v) is 5.90. The number of hydrogen-bond acceptors (Lipinski definition) is 10. The normalized spacial score (nSPS) is 12.4. The van der Waals surface area contributed by atoms with Crippen LogP contribution in [0.5, 0.6) is 11.5 Å². The van der Waals surface area contributed by atoms with Crippen LogP contribution in [0.2, 0.25) is 0 Å². The summed E-state index contributed by atoms with van der Waals surface area (Å²) in [5, 5.41) is 31.6. The number of nitrogens with one attached hydrogen (secondary N) is 2. The van der Waals surface area contributed by atoms with Crippen molar-refractivity contribution in [1.29, 1.82) is 0 Å². The van der Waals surface area contributed by atoms with Crippen LogP contribution in [0.15, 0.2) is 53.2 Å². The maximum Gasteiger partial charge on any atom is 0.325 e. The van der Waals surface area contributed by atoms with Crippen LogP contribution in [-0.2, 0) is 9.59 Å². The quantitative estimate of drug-likeness (QED) is 0.231. The molecular weight excluding hydrogens is 510 g/mol. The highest BCUT2D eigenvalue weighted by molar-refractivity contribution is 6.10. The fraction of sp³-hybridized carbons (Fsp3) is 0.231. The summed E-state index contributed by atoms with van der Waals surface area (Å²) in [5.41, 5.74) is 2.04. The van der Waals surface area contributed by atoms with Crippen molar-refractivity contribution in [3.8, 4) is 33.9 Å². The topological polar surface area (TPSA) is 186 Å². The molecule has 4 N–H and O–H groups in total. The van der Waals surface area contributed by atoms with Gasteiger partial charge in [-0.25, -0.2) is 9.61 Å². The number of fused-ring (bicyclic) bond motifs is 1. The molecule has 2 amide bonds. The molecule has 0 spiro atoms. The van der Waals surface area contributed by atoms with Crippen molar-refractivity contribution < 1.29 is 38.7 Å². The highest BCUT2D eigenvalue weighted by Gasteiger charge is 2.29. The van der Waals surface area contributed by atoms with Gasteiger partial charge < -0.3 is 30.3 Å². The summed E-state index contributed by atoms with van der Waals surface area (Å²) in [6.07, 6.45) is 0. The van der Waals surface area contributed by atoms with E-state index in [1.54, 1.807) is 48.5 Å². The van der Waals surface area contributed by atoms with Crippen LogP contribution in [0.1, 0.15) is 17.4 Å².